The van der Waals surface area contributed by atoms with Crippen LogP contribution in [0.5, 0.6) is 0 Å². The number of para-hydroxylation sites is 1. The van der Waals surface area contributed by atoms with E-state index in [1.54, 1.807) is 0 Å². The minimum atomic E-state index is 0.168. The lowest BCUT2D eigenvalue weighted by Crippen LogP contribution is -2.18. The Bertz CT molecular complexity index is 386. The molecule has 3 heteroatoms. The first-order valence-corrected chi connectivity index (χ1v) is 7.38. The van der Waals surface area contributed by atoms with E-state index >= 15 is 0 Å². The van der Waals surface area contributed by atoms with E-state index in [2.05, 4.69) is 27.9 Å². The number of hydrogen-bond acceptors (Lipinski definition) is 1. The molecule has 0 bridgehead atoms. The highest BCUT2D eigenvalue weighted by Crippen LogP contribution is 2.27. The Morgan fingerprint density at radius 1 is 1.24 bits per heavy atom. The van der Waals surface area contributed by atoms with E-state index in [-0.39, 0.29) is 5.91 Å². The molecular formula is C14H18INO. The van der Waals surface area contributed by atoms with Gasteiger partial charge in [0.15, 0.2) is 0 Å². The largest absolute Gasteiger partial charge is 0.325 e. The summed E-state index contributed by atoms with van der Waals surface area (Å²) in [6, 6.07) is 7.91. The molecule has 1 saturated carbocycles. The van der Waals surface area contributed by atoms with E-state index in [9.17, 15) is 4.79 Å². The number of anilines is 1. The van der Waals surface area contributed by atoms with Gasteiger partial charge in [0.25, 0.3) is 0 Å². The number of carbonyl (C=O) groups is 1. The average molecular weight is 343 g/mol. The first-order valence-electron chi connectivity index (χ1n) is 6.30. The summed E-state index contributed by atoms with van der Waals surface area (Å²) in [5.74, 6) is 0.770. The minimum absolute atomic E-state index is 0.168. The normalized spacial score (nSPS) is 16.8. The molecule has 17 heavy (non-hydrogen) atoms. The molecule has 92 valence electrons. The lowest BCUT2D eigenvalue weighted by molar-refractivity contribution is -0.117. The van der Waals surface area contributed by atoms with Gasteiger partial charge in [0, 0.05) is 9.99 Å². The fraction of sp³-hybridized carbons (Fsp3) is 0.500. The average Bonchev–Trinajstić information content (AvgIpc) is 2.33. The van der Waals surface area contributed by atoms with Gasteiger partial charge < -0.3 is 5.32 Å². The highest BCUT2D eigenvalue weighted by Gasteiger charge is 2.17. The van der Waals surface area contributed by atoms with E-state index in [0.717, 1.165) is 9.26 Å². The number of rotatable bonds is 3. The zero-order valence-corrected chi connectivity index (χ0v) is 12.1. The van der Waals surface area contributed by atoms with E-state index < -0.39 is 0 Å². The summed E-state index contributed by atoms with van der Waals surface area (Å²) in [7, 11) is 0. The van der Waals surface area contributed by atoms with Crippen molar-refractivity contribution in [3.8, 4) is 0 Å². The van der Waals surface area contributed by atoms with E-state index in [0.29, 0.717) is 12.3 Å². The molecule has 0 aliphatic heterocycles. The molecule has 0 heterocycles. The third-order valence-electron chi connectivity index (χ3n) is 3.35. The summed E-state index contributed by atoms with van der Waals surface area (Å²) in [6.07, 6.45) is 7.06. The predicted octanol–water partition coefficient (Wildman–Crippen LogP) is 4.20. The van der Waals surface area contributed by atoms with Crippen molar-refractivity contribution in [2.75, 3.05) is 5.32 Å². The van der Waals surface area contributed by atoms with Crippen molar-refractivity contribution in [1.29, 1.82) is 0 Å². The second-order valence-electron chi connectivity index (χ2n) is 4.74. The molecule has 0 unspecified atom stereocenters. The van der Waals surface area contributed by atoms with Crippen molar-refractivity contribution in [2.45, 2.75) is 38.5 Å². The highest BCUT2D eigenvalue weighted by molar-refractivity contribution is 14.1. The van der Waals surface area contributed by atoms with Crippen LogP contribution in [0, 0.1) is 9.49 Å². The van der Waals surface area contributed by atoms with Gasteiger partial charge in [-0.3, -0.25) is 4.79 Å². The molecule has 0 saturated heterocycles. The van der Waals surface area contributed by atoms with Gasteiger partial charge in [0.05, 0.1) is 5.69 Å². The first kappa shape index (κ1) is 12.9. The molecule has 1 N–H and O–H groups in total. The van der Waals surface area contributed by atoms with Crippen LogP contribution in [-0.2, 0) is 4.79 Å². The van der Waals surface area contributed by atoms with Crippen LogP contribution in [0.3, 0.4) is 0 Å². The fourth-order valence-electron chi connectivity index (χ4n) is 2.42. The molecule has 0 radical (unpaired) electrons. The van der Waals surface area contributed by atoms with Crippen LogP contribution in [0.1, 0.15) is 38.5 Å². The number of hydrogen-bond donors (Lipinski definition) is 1. The highest BCUT2D eigenvalue weighted by atomic mass is 127. The Labute approximate surface area is 116 Å². The van der Waals surface area contributed by atoms with E-state index in [1.807, 2.05) is 24.3 Å². The second-order valence-corrected chi connectivity index (χ2v) is 5.90. The Morgan fingerprint density at radius 3 is 2.65 bits per heavy atom. The van der Waals surface area contributed by atoms with Gasteiger partial charge in [0.1, 0.15) is 0 Å². The maximum atomic E-state index is 11.9. The van der Waals surface area contributed by atoms with Crippen molar-refractivity contribution in [3.63, 3.8) is 0 Å². The zero-order chi connectivity index (χ0) is 12.1. The number of amides is 1. The van der Waals surface area contributed by atoms with Crippen LogP contribution in [-0.4, -0.2) is 5.91 Å². The molecule has 2 rings (SSSR count). The molecule has 1 aromatic carbocycles. The summed E-state index contributed by atoms with van der Waals surface area (Å²) in [6.45, 7) is 0. The lowest BCUT2D eigenvalue weighted by Gasteiger charge is -2.20. The van der Waals surface area contributed by atoms with Gasteiger partial charge in [-0.05, 0) is 53.5 Å². The Balaban J connectivity index is 1.86. The topological polar surface area (TPSA) is 29.1 Å². The van der Waals surface area contributed by atoms with Crippen LogP contribution in [0.4, 0.5) is 5.69 Å². The number of halogens is 1. The molecule has 1 aromatic rings. The quantitative estimate of drug-likeness (QED) is 0.819. The summed E-state index contributed by atoms with van der Waals surface area (Å²) in [4.78, 5) is 11.9. The minimum Gasteiger partial charge on any atom is -0.325 e. The van der Waals surface area contributed by atoms with Crippen LogP contribution >= 0.6 is 22.6 Å². The summed E-state index contributed by atoms with van der Waals surface area (Å²) in [5, 5.41) is 3.01. The molecule has 1 amide bonds. The van der Waals surface area contributed by atoms with Crippen LogP contribution in [0.15, 0.2) is 24.3 Å². The monoisotopic (exact) mass is 343 g/mol. The molecule has 0 spiro atoms. The molecule has 1 fully saturated rings. The third-order valence-corrected chi connectivity index (χ3v) is 4.29. The van der Waals surface area contributed by atoms with E-state index in [1.165, 1.54) is 32.1 Å². The van der Waals surface area contributed by atoms with Gasteiger partial charge in [-0.15, -0.1) is 0 Å². The van der Waals surface area contributed by atoms with Gasteiger partial charge in [0.2, 0.25) is 5.91 Å². The maximum absolute atomic E-state index is 11.9. The number of nitrogens with one attached hydrogen (secondary N) is 1. The Kier molecular flexibility index (Phi) is 4.83. The SMILES string of the molecule is O=C(CC1CCCCC1)Nc1ccccc1I. The summed E-state index contributed by atoms with van der Waals surface area (Å²) >= 11 is 2.25. The van der Waals surface area contributed by atoms with Crippen LogP contribution in [0.2, 0.25) is 0 Å². The van der Waals surface area contributed by atoms with E-state index in [4.69, 9.17) is 0 Å². The number of carbonyl (C=O) groups excluding carboxylic acids is 1. The predicted molar refractivity (Wildman–Crippen MR) is 79.0 cm³/mol. The van der Waals surface area contributed by atoms with Crippen molar-refractivity contribution in [2.24, 2.45) is 5.92 Å². The lowest BCUT2D eigenvalue weighted by atomic mass is 9.87. The molecular weight excluding hydrogens is 325 g/mol. The van der Waals surface area contributed by atoms with Crippen LogP contribution < -0.4 is 5.32 Å². The smallest absolute Gasteiger partial charge is 0.224 e. The second kappa shape index (κ2) is 6.38. The molecule has 2 nitrogen and oxygen atoms in total. The van der Waals surface area contributed by atoms with Crippen molar-refractivity contribution < 1.29 is 4.79 Å². The summed E-state index contributed by atoms with van der Waals surface area (Å²) in [5.41, 5.74) is 0.939. The van der Waals surface area contributed by atoms with Crippen molar-refractivity contribution >= 4 is 34.2 Å². The third kappa shape index (κ3) is 3.98. The molecule has 1 aliphatic rings. The van der Waals surface area contributed by atoms with Crippen molar-refractivity contribution in [1.82, 2.24) is 0 Å². The maximum Gasteiger partial charge on any atom is 0.224 e. The molecule has 0 atom stereocenters. The standard InChI is InChI=1S/C14H18INO/c15-12-8-4-5-9-13(12)16-14(17)10-11-6-2-1-3-7-11/h4-5,8-9,11H,1-3,6-7,10H2,(H,16,17). The zero-order valence-electron chi connectivity index (χ0n) is 9.92. The van der Waals surface area contributed by atoms with Gasteiger partial charge in [-0.25, -0.2) is 0 Å². The molecule has 0 aromatic heterocycles. The molecule has 1 aliphatic carbocycles. The van der Waals surface area contributed by atoms with Crippen LogP contribution in [0.25, 0.3) is 0 Å². The van der Waals surface area contributed by atoms with Gasteiger partial charge in [-0.2, -0.15) is 0 Å². The Hall–Kier alpha value is -0.580. The van der Waals surface area contributed by atoms with Crippen molar-refractivity contribution in [3.05, 3.63) is 27.8 Å². The van der Waals surface area contributed by atoms with Gasteiger partial charge >= 0.3 is 0 Å². The first-order chi connectivity index (χ1) is 8.25. The van der Waals surface area contributed by atoms with Gasteiger partial charge in [-0.1, -0.05) is 31.4 Å². The number of benzene rings is 1. The summed E-state index contributed by atoms with van der Waals surface area (Å²) < 4.78 is 1.10. The fourth-order valence-corrected chi connectivity index (χ4v) is 2.94. The Morgan fingerprint density at radius 2 is 1.94 bits per heavy atom.